The molecule has 0 spiro atoms. The molecule has 1 saturated heterocycles. The average molecular weight is 288 g/mol. The van der Waals surface area contributed by atoms with E-state index in [1.54, 1.807) is 4.90 Å². The molecule has 2 nitrogen and oxygen atoms in total. The maximum absolute atomic E-state index is 13.6. The zero-order valence-corrected chi connectivity index (χ0v) is 11.5. The number of rotatable bonds is 3. The molecule has 1 aliphatic rings. The fourth-order valence-corrected chi connectivity index (χ4v) is 2.75. The Labute approximate surface area is 116 Å². The third-order valence-corrected chi connectivity index (χ3v) is 3.57. The topological polar surface area (TPSA) is 20.3 Å². The highest BCUT2D eigenvalue weighted by Crippen LogP contribution is 2.25. The molecule has 1 aromatic carbocycles. The van der Waals surface area contributed by atoms with E-state index in [4.69, 9.17) is 11.6 Å². The standard InChI is InChI=1S/C14H16ClF2NO/c1-9(15)7-11-3-2-6-18(11)14(19)12-5-4-10(16)8-13(12)17/h4-5,8-9,11H,2-3,6-7H2,1H3. The van der Waals surface area contributed by atoms with Gasteiger partial charge < -0.3 is 4.90 Å². The zero-order valence-electron chi connectivity index (χ0n) is 10.7. The van der Waals surface area contributed by atoms with Crippen LogP contribution in [0.25, 0.3) is 0 Å². The molecule has 1 fully saturated rings. The van der Waals surface area contributed by atoms with Crippen molar-refractivity contribution in [2.45, 2.75) is 37.6 Å². The van der Waals surface area contributed by atoms with E-state index in [0.29, 0.717) is 13.0 Å². The third kappa shape index (κ3) is 3.24. The van der Waals surface area contributed by atoms with Crippen molar-refractivity contribution in [1.82, 2.24) is 4.90 Å². The van der Waals surface area contributed by atoms with E-state index in [0.717, 1.165) is 25.0 Å². The summed E-state index contributed by atoms with van der Waals surface area (Å²) in [5, 5.41) is -0.0311. The van der Waals surface area contributed by atoms with Crippen LogP contribution in [0.3, 0.4) is 0 Å². The lowest BCUT2D eigenvalue weighted by molar-refractivity contribution is 0.0726. The molecule has 0 bridgehead atoms. The summed E-state index contributed by atoms with van der Waals surface area (Å²) in [5.41, 5.74) is -0.0736. The smallest absolute Gasteiger partial charge is 0.257 e. The molecular weight excluding hydrogens is 272 g/mol. The van der Waals surface area contributed by atoms with Gasteiger partial charge in [0.15, 0.2) is 0 Å². The summed E-state index contributed by atoms with van der Waals surface area (Å²) in [4.78, 5) is 13.9. The second-order valence-electron chi connectivity index (χ2n) is 4.94. The summed E-state index contributed by atoms with van der Waals surface area (Å²) in [6.07, 6.45) is 2.46. The summed E-state index contributed by atoms with van der Waals surface area (Å²) in [5.74, 6) is -1.87. The van der Waals surface area contributed by atoms with Crippen molar-refractivity contribution in [1.29, 1.82) is 0 Å². The van der Waals surface area contributed by atoms with Crippen molar-refractivity contribution in [3.05, 3.63) is 35.4 Å². The van der Waals surface area contributed by atoms with E-state index in [9.17, 15) is 13.6 Å². The molecule has 104 valence electrons. The van der Waals surface area contributed by atoms with Crippen LogP contribution in [0.15, 0.2) is 18.2 Å². The summed E-state index contributed by atoms with van der Waals surface area (Å²) in [6, 6.07) is 3.09. The molecule has 0 N–H and O–H groups in total. The Morgan fingerprint density at radius 1 is 1.53 bits per heavy atom. The molecule has 5 heteroatoms. The van der Waals surface area contributed by atoms with E-state index in [1.807, 2.05) is 6.92 Å². The van der Waals surface area contributed by atoms with Crippen LogP contribution in [-0.2, 0) is 0 Å². The van der Waals surface area contributed by atoms with Gasteiger partial charge in [-0.25, -0.2) is 8.78 Å². The molecule has 0 saturated carbocycles. The molecule has 0 aromatic heterocycles. The van der Waals surface area contributed by atoms with Gasteiger partial charge in [0.1, 0.15) is 11.6 Å². The van der Waals surface area contributed by atoms with Crippen LogP contribution < -0.4 is 0 Å². The lowest BCUT2D eigenvalue weighted by atomic mass is 10.1. The number of nitrogens with zero attached hydrogens (tertiary/aromatic N) is 1. The molecule has 1 heterocycles. The monoisotopic (exact) mass is 287 g/mol. The van der Waals surface area contributed by atoms with E-state index >= 15 is 0 Å². The van der Waals surface area contributed by atoms with Crippen LogP contribution in [-0.4, -0.2) is 28.8 Å². The Morgan fingerprint density at radius 3 is 2.89 bits per heavy atom. The minimum Gasteiger partial charge on any atom is -0.336 e. The van der Waals surface area contributed by atoms with Gasteiger partial charge in [-0.3, -0.25) is 4.79 Å². The largest absolute Gasteiger partial charge is 0.336 e. The normalized spacial score (nSPS) is 20.6. The first kappa shape index (κ1) is 14.3. The SMILES string of the molecule is CC(Cl)CC1CCCN1C(=O)c1ccc(F)cc1F. The summed E-state index contributed by atoms with van der Waals surface area (Å²) >= 11 is 5.96. The van der Waals surface area contributed by atoms with Gasteiger partial charge >= 0.3 is 0 Å². The van der Waals surface area contributed by atoms with Gasteiger partial charge in [0.05, 0.1) is 5.56 Å². The number of amides is 1. The summed E-state index contributed by atoms with van der Waals surface area (Å²) in [7, 11) is 0. The quantitative estimate of drug-likeness (QED) is 0.778. The van der Waals surface area contributed by atoms with Crippen LogP contribution in [0, 0.1) is 11.6 Å². The predicted molar refractivity (Wildman–Crippen MR) is 70.3 cm³/mol. The van der Waals surface area contributed by atoms with Gasteiger partial charge in [0.25, 0.3) is 5.91 Å². The maximum atomic E-state index is 13.6. The number of likely N-dealkylation sites (tertiary alicyclic amines) is 1. The Kier molecular flexibility index (Phi) is 4.40. The Balaban J connectivity index is 2.18. The van der Waals surface area contributed by atoms with Crippen LogP contribution in [0.2, 0.25) is 0 Å². The molecule has 2 rings (SSSR count). The molecule has 0 aliphatic carbocycles. The highest BCUT2D eigenvalue weighted by Gasteiger charge is 2.31. The Hall–Kier alpha value is -1.16. The van der Waals surface area contributed by atoms with E-state index in [2.05, 4.69) is 0 Å². The van der Waals surface area contributed by atoms with E-state index in [1.165, 1.54) is 6.07 Å². The van der Waals surface area contributed by atoms with Gasteiger partial charge in [-0.2, -0.15) is 0 Å². The zero-order chi connectivity index (χ0) is 14.0. The van der Waals surface area contributed by atoms with Gasteiger partial charge in [0.2, 0.25) is 0 Å². The van der Waals surface area contributed by atoms with Gasteiger partial charge in [-0.1, -0.05) is 0 Å². The van der Waals surface area contributed by atoms with Gasteiger partial charge in [-0.05, 0) is 38.3 Å². The van der Waals surface area contributed by atoms with Crippen molar-refractivity contribution in [2.75, 3.05) is 6.54 Å². The van der Waals surface area contributed by atoms with E-state index in [-0.39, 0.29) is 22.9 Å². The number of benzene rings is 1. The minimum atomic E-state index is -0.811. The number of carbonyl (C=O) groups is 1. The van der Waals surface area contributed by atoms with Crippen molar-refractivity contribution in [3.8, 4) is 0 Å². The lowest BCUT2D eigenvalue weighted by Crippen LogP contribution is -2.37. The number of carbonyl (C=O) groups excluding carboxylic acids is 1. The molecule has 19 heavy (non-hydrogen) atoms. The second-order valence-corrected chi connectivity index (χ2v) is 5.68. The van der Waals surface area contributed by atoms with E-state index < -0.39 is 11.6 Å². The van der Waals surface area contributed by atoms with Crippen LogP contribution >= 0.6 is 11.6 Å². The summed E-state index contributed by atoms with van der Waals surface area (Å²) in [6.45, 7) is 2.48. The molecule has 2 unspecified atom stereocenters. The second kappa shape index (κ2) is 5.87. The average Bonchev–Trinajstić information content (AvgIpc) is 2.75. The van der Waals surface area contributed by atoms with Gasteiger partial charge in [-0.15, -0.1) is 11.6 Å². The van der Waals surface area contributed by atoms with Crippen LogP contribution in [0.5, 0.6) is 0 Å². The predicted octanol–water partition coefficient (Wildman–Crippen LogP) is 3.59. The minimum absolute atomic E-state index is 0.0311. The Morgan fingerprint density at radius 2 is 2.26 bits per heavy atom. The number of hydrogen-bond donors (Lipinski definition) is 0. The molecule has 1 aromatic rings. The third-order valence-electron chi connectivity index (χ3n) is 3.40. The molecule has 0 radical (unpaired) electrons. The maximum Gasteiger partial charge on any atom is 0.257 e. The molecule has 1 aliphatic heterocycles. The molecular formula is C14H16ClF2NO. The van der Waals surface area contributed by atoms with Gasteiger partial charge in [0, 0.05) is 24.0 Å². The Bertz CT molecular complexity index is 479. The highest BCUT2D eigenvalue weighted by atomic mass is 35.5. The number of alkyl halides is 1. The molecule has 1 amide bonds. The number of halogens is 3. The molecule has 2 atom stereocenters. The lowest BCUT2D eigenvalue weighted by Gasteiger charge is -2.25. The van der Waals surface area contributed by atoms with Crippen LogP contribution in [0.4, 0.5) is 8.78 Å². The number of hydrogen-bond acceptors (Lipinski definition) is 1. The van der Waals surface area contributed by atoms with Crippen molar-refractivity contribution < 1.29 is 13.6 Å². The van der Waals surface area contributed by atoms with Crippen molar-refractivity contribution in [2.24, 2.45) is 0 Å². The summed E-state index contributed by atoms with van der Waals surface area (Å²) < 4.78 is 26.5. The first-order chi connectivity index (χ1) is 8.99. The first-order valence-corrected chi connectivity index (χ1v) is 6.82. The van der Waals surface area contributed by atoms with Crippen LogP contribution in [0.1, 0.15) is 36.5 Å². The highest BCUT2D eigenvalue weighted by molar-refractivity contribution is 6.20. The fraction of sp³-hybridized carbons (Fsp3) is 0.500. The van der Waals surface area contributed by atoms with Crippen molar-refractivity contribution >= 4 is 17.5 Å². The fourth-order valence-electron chi connectivity index (χ4n) is 2.54. The van der Waals surface area contributed by atoms with Crippen molar-refractivity contribution in [3.63, 3.8) is 0 Å². The first-order valence-electron chi connectivity index (χ1n) is 6.39.